The van der Waals surface area contributed by atoms with Gasteiger partial charge in [0, 0.05) is 31.7 Å². The summed E-state index contributed by atoms with van der Waals surface area (Å²) in [5.74, 6) is -0.529. The number of hydrogen-bond donors (Lipinski definition) is 0. The molecule has 0 N–H and O–H groups in total. The molecule has 0 atom stereocenters. The van der Waals surface area contributed by atoms with Gasteiger partial charge in [0.2, 0.25) is 10.0 Å². The lowest BCUT2D eigenvalue weighted by Gasteiger charge is -2.34. The van der Waals surface area contributed by atoms with Crippen LogP contribution in [0.1, 0.15) is 15.9 Å². The van der Waals surface area contributed by atoms with Gasteiger partial charge >= 0.3 is 6.61 Å². The van der Waals surface area contributed by atoms with Gasteiger partial charge in [-0.1, -0.05) is 36.4 Å². The molecule has 1 aliphatic rings. The van der Waals surface area contributed by atoms with Crippen molar-refractivity contribution < 1.29 is 26.7 Å². The first kappa shape index (κ1) is 20.2. The zero-order chi connectivity index (χ0) is 20.1. The number of amides is 1. The maximum absolute atomic E-state index is 12.6. The van der Waals surface area contributed by atoms with Crippen LogP contribution in [-0.4, -0.2) is 56.3 Å². The highest BCUT2D eigenvalue weighted by Crippen LogP contribution is 2.19. The SMILES string of the molecule is O=C(c1cccc(OC(F)F)c1)N1CCN(S(=O)(=O)Cc2ccccc2)CC1. The van der Waals surface area contributed by atoms with Crippen LogP contribution < -0.4 is 4.74 Å². The van der Waals surface area contributed by atoms with Gasteiger partial charge in [0.15, 0.2) is 0 Å². The summed E-state index contributed by atoms with van der Waals surface area (Å²) in [7, 11) is -3.48. The van der Waals surface area contributed by atoms with Crippen molar-refractivity contribution in [2.75, 3.05) is 26.2 Å². The van der Waals surface area contributed by atoms with Crippen molar-refractivity contribution in [3.8, 4) is 5.75 Å². The topological polar surface area (TPSA) is 66.9 Å². The number of hydrogen-bond acceptors (Lipinski definition) is 4. The summed E-state index contributed by atoms with van der Waals surface area (Å²) >= 11 is 0. The van der Waals surface area contributed by atoms with Crippen molar-refractivity contribution in [3.05, 3.63) is 65.7 Å². The normalized spacial score (nSPS) is 15.6. The van der Waals surface area contributed by atoms with Gasteiger partial charge in [0.05, 0.1) is 5.75 Å². The predicted octanol–water partition coefficient (Wildman–Crippen LogP) is 2.58. The molecule has 1 amide bonds. The molecular formula is C19H20F2N2O4S. The van der Waals surface area contributed by atoms with E-state index in [9.17, 15) is 22.0 Å². The number of halogens is 2. The number of alkyl halides is 2. The second-order valence-electron chi connectivity index (χ2n) is 6.34. The summed E-state index contributed by atoms with van der Waals surface area (Å²) in [6.07, 6.45) is 0. The molecule has 2 aromatic carbocycles. The molecule has 1 saturated heterocycles. The highest BCUT2D eigenvalue weighted by molar-refractivity contribution is 7.88. The fourth-order valence-electron chi connectivity index (χ4n) is 3.03. The van der Waals surface area contributed by atoms with E-state index in [0.29, 0.717) is 5.56 Å². The van der Waals surface area contributed by atoms with E-state index in [2.05, 4.69) is 4.74 Å². The van der Waals surface area contributed by atoms with E-state index in [1.165, 1.54) is 33.5 Å². The lowest BCUT2D eigenvalue weighted by Crippen LogP contribution is -2.50. The number of nitrogens with zero attached hydrogens (tertiary/aromatic N) is 2. The molecule has 3 rings (SSSR count). The molecule has 0 spiro atoms. The maximum Gasteiger partial charge on any atom is 0.387 e. The van der Waals surface area contributed by atoms with Crippen molar-refractivity contribution in [2.45, 2.75) is 12.4 Å². The third kappa shape index (κ3) is 5.05. The standard InChI is InChI=1S/C19H20F2N2O4S/c20-19(21)27-17-8-4-7-16(13-17)18(24)22-9-11-23(12-10-22)28(25,26)14-15-5-2-1-3-6-15/h1-8,13,19H,9-12,14H2. The van der Waals surface area contributed by atoms with Crippen molar-refractivity contribution in [1.82, 2.24) is 9.21 Å². The van der Waals surface area contributed by atoms with Gasteiger partial charge in [0.25, 0.3) is 5.91 Å². The quantitative estimate of drug-likeness (QED) is 0.734. The van der Waals surface area contributed by atoms with Crippen LogP contribution in [0.25, 0.3) is 0 Å². The Bertz CT molecular complexity index is 915. The second-order valence-corrected chi connectivity index (χ2v) is 8.31. The van der Waals surface area contributed by atoms with Crippen LogP contribution >= 0.6 is 0 Å². The minimum absolute atomic E-state index is 0.0885. The van der Waals surface area contributed by atoms with Crippen LogP contribution in [0.15, 0.2) is 54.6 Å². The molecule has 28 heavy (non-hydrogen) atoms. The zero-order valence-electron chi connectivity index (χ0n) is 15.0. The van der Waals surface area contributed by atoms with Gasteiger partial charge in [-0.05, 0) is 23.8 Å². The number of ether oxygens (including phenoxy) is 1. The molecule has 0 bridgehead atoms. The molecule has 0 aromatic heterocycles. The first-order valence-electron chi connectivity index (χ1n) is 8.71. The first-order valence-corrected chi connectivity index (χ1v) is 10.3. The molecule has 1 fully saturated rings. The van der Waals surface area contributed by atoms with Crippen LogP contribution in [0.3, 0.4) is 0 Å². The van der Waals surface area contributed by atoms with Crippen LogP contribution in [-0.2, 0) is 15.8 Å². The Hall–Kier alpha value is -2.52. The smallest absolute Gasteiger partial charge is 0.387 e. The van der Waals surface area contributed by atoms with Crippen molar-refractivity contribution >= 4 is 15.9 Å². The monoisotopic (exact) mass is 410 g/mol. The van der Waals surface area contributed by atoms with Crippen LogP contribution in [0, 0.1) is 0 Å². The fraction of sp³-hybridized carbons (Fsp3) is 0.316. The number of carbonyl (C=O) groups is 1. The average molecular weight is 410 g/mol. The highest BCUT2D eigenvalue weighted by Gasteiger charge is 2.29. The van der Waals surface area contributed by atoms with E-state index in [4.69, 9.17) is 0 Å². The van der Waals surface area contributed by atoms with Gasteiger partial charge in [-0.2, -0.15) is 13.1 Å². The lowest BCUT2D eigenvalue weighted by atomic mass is 10.1. The van der Waals surface area contributed by atoms with Crippen molar-refractivity contribution in [2.24, 2.45) is 0 Å². The average Bonchev–Trinajstić information content (AvgIpc) is 2.68. The van der Waals surface area contributed by atoms with Crippen molar-refractivity contribution in [1.29, 1.82) is 0 Å². The minimum Gasteiger partial charge on any atom is -0.435 e. The van der Waals surface area contributed by atoms with Crippen LogP contribution in [0.4, 0.5) is 8.78 Å². The molecule has 0 unspecified atom stereocenters. The Morgan fingerprint density at radius 2 is 1.68 bits per heavy atom. The van der Waals surface area contributed by atoms with Gasteiger partial charge < -0.3 is 9.64 Å². The van der Waals surface area contributed by atoms with E-state index >= 15 is 0 Å². The summed E-state index contributed by atoms with van der Waals surface area (Å²) in [5.41, 5.74) is 0.926. The number of sulfonamides is 1. The fourth-order valence-corrected chi connectivity index (χ4v) is 4.55. The molecule has 150 valence electrons. The Morgan fingerprint density at radius 3 is 2.32 bits per heavy atom. The molecule has 1 heterocycles. The van der Waals surface area contributed by atoms with Gasteiger partial charge in [-0.3, -0.25) is 4.79 Å². The first-order chi connectivity index (χ1) is 13.3. The van der Waals surface area contributed by atoms with E-state index in [1.807, 2.05) is 6.07 Å². The predicted molar refractivity (Wildman–Crippen MR) is 99.6 cm³/mol. The minimum atomic E-state index is -3.48. The Morgan fingerprint density at radius 1 is 1.00 bits per heavy atom. The molecule has 0 radical (unpaired) electrons. The Labute approximate surface area is 162 Å². The number of piperazine rings is 1. The summed E-state index contributed by atoms with van der Waals surface area (Å²) in [4.78, 5) is 14.1. The van der Waals surface area contributed by atoms with E-state index in [0.717, 1.165) is 0 Å². The van der Waals surface area contributed by atoms with Gasteiger partial charge in [0.1, 0.15) is 5.75 Å². The molecule has 1 aliphatic heterocycles. The Balaban J connectivity index is 1.61. The molecule has 9 heteroatoms. The zero-order valence-corrected chi connectivity index (χ0v) is 15.8. The summed E-state index contributed by atoms with van der Waals surface area (Å²) < 4.78 is 55.5. The summed E-state index contributed by atoms with van der Waals surface area (Å²) in [6.45, 7) is -2.13. The molecule has 0 aliphatic carbocycles. The maximum atomic E-state index is 12.6. The van der Waals surface area contributed by atoms with Crippen molar-refractivity contribution in [3.63, 3.8) is 0 Å². The van der Waals surface area contributed by atoms with E-state index < -0.39 is 16.6 Å². The number of carbonyl (C=O) groups excluding carboxylic acids is 1. The summed E-state index contributed by atoms with van der Waals surface area (Å²) in [5, 5.41) is 0. The number of rotatable bonds is 6. The Kier molecular flexibility index (Phi) is 6.25. The third-order valence-electron chi connectivity index (χ3n) is 4.42. The molecule has 2 aromatic rings. The van der Waals surface area contributed by atoms with Gasteiger partial charge in [-0.25, -0.2) is 8.42 Å². The largest absolute Gasteiger partial charge is 0.435 e. The van der Waals surface area contributed by atoms with Gasteiger partial charge in [-0.15, -0.1) is 0 Å². The third-order valence-corrected chi connectivity index (χ3v) is 6.27. The van der Waals surface area contributed by atoms with E-state index in [-0.39, 0.29) is 49.2 Å². The highest BCUT2D eigenvalue weighted by atomic mass is 32.2. The van der Waals surface area contributed by atoms with E-state index in [1.54, 1.807) is 24.3 Å². The second kappa shape index (κ2) is 8.66. The number of benzene rings is 2. The molecular weight excluding hydrogens is 390 g/mol. The van der Waals surface area contributed by atoms with Crippen LogP contribution in [0.5, 0.6) is 5.75 Å². The molecule has 0 saturated carbocycles. The summed E-state index contributed by atoms with van der Waals surface area (Å²) in [6, 6.07) is 14.5. The lowest BCUT2D eigenvalue weighted by molar-refractivity contribution is -0.0499. The molecule has 6 nitrogen and oxygen atoms in total. The van der Waals surface area contributed by atoms with Crippen LogP contribution in [0.2, 0.25) is 0 Å².